The summed E-state index contributed by atoms with van der Waals surface area (Å²) in [5.74, 6) is -0.544. The van der Waals surface area contributed by atoms with Crippen molar-refractivity contribution in [3.63, 3.8) is 0 Å². The van der Waals surface area contributed by atoms with Crippen molar-refractivity contribution in [2.24, 2.45) is 0 Å². The summed E-state index contributed by atoms with van der Waals surface area (Å²) in [6, 6.07) is 3.93. The van der Waals surface area contributed by atoms with Gasteiger partial charge in [0.15, 0.2) is 0 Å². The minimum absolute atomic E-state index is 0.0186. The van der Waals surface area contributed by atoms with Crippen molar-refractivity contribution in [3.05, 3.63) is 29.6 Å². The molecule has 1 aromatic carbocycles. The van der Waals surface area contributed by atoms with E-state index >= 15 is 0 Å². The zero-order chi connectivity index (χ0) is 12.2. The Bertz CT molecular complexity index is 331. The molecule has 0 aliphatic heterocycles. The van der Waals surface area contributed by atoms with Gasteiger partial charge >= 0.3 is 0 Å². The average molecular weight is 227 g/mol. The molecule has 0 amide bonds. The standard InChI is InChI=1S/C12H18FNO2/c1-3-12(2,8-15)14-7-9-4-10(13)6-11(16)5-9/h4-6,14-16H,3,7-8H2,1-2H3. The first-order valence-electron chi connectivity index (χ1n) is 5.33. The topological polar surface area (TPSA) is 52.5 Å². The maximum absolute atomic E-state index is 13.0. The van der Waals surface area contributed by atoms with Crippen LogP contribution in [-0.4, -0.2) is 22.4 Å². The zero-order valence-electron chi connectivity index (χ0n) is 9.63. The van der Waals surface area contributed by atoms with E-state index in [-0.39, 0.29) is 17.9 Å². The van der Waals surface area contributed by atoms with Crippen LogP contribution in [0, 0.1) is 5.82 Å². The van der Waals surface area contributed by atoms with Crippen molar-refractivity contribution in [1.29, 1.82) is 0 Å². The van der Waals surface area contributed by atoms with Crippen LogP contribution < -0.4 is 5.32 Å². The number of hydrogen-bond donors (Lipinski definition) is 3. The molecule has 0 aliphatic rings. The Morgan fingerprint density at radius 2 is 2.06 bits per heavy atom. The van der Waals surface area contributed by atoms with Gasteiger partial charge in [-0.15, -0.1) is 0 Å². The third-order valence-corrected chi connectivity index (χ3v) is 2.79. The highest BCUT2D eigenvalue weighted by atomic mass is 19.1. The highest BCUT2D eigenvalue weighted by molar-refractivity contribution is 5.28. The minimum atomic E-state index is -0.459. The van der Waals surface area contributed by atoms with Gasteiger partial charge in [0.2, 0.25) is 0 Å². The molecule has 4 heteroatoms. The van der Waals surface area contributed by atoms with Crippen molar-refractivity contribution < 1.29 is 14.6 Å². The number of phenolic OH excluding ortho intramolecular Hbond substituents is 1. The lowest BCUT2D eigenvalue weighted by Crippen LogP contribution is -2.44. The van der Waals surface area contributed by atoms with Crippen molar-refractivity contribution in [1.82, 2.24) is 5.32 Å². The normalized spacial score (nSPS) is 14.8. The van der Waals surface area contributed by atoms with E-state index in [9.17, 15) is 14.6 Å². The molecule has 0 aromatic heterocycles. The predicted octanol–water partition coefficient (Wildman–Crippen LogP) is 1.78. The van der Waals surface area contributed by atoms with Crippen LogP contribution in [0.3, 0.4) is 0 Å². The zero-order valence-corrected chi connectivity index (χ0v) is 9.63. The monoisotopic (exact) mass is 227 g/mol. The van der Waals surface area contributed by atoms with Gasteiger partial charge < -0.3 is 15.5 Å². The number of aliphatic hydroxyl groups excluding tert-OH is 1. The van der Waals surface area contributed by atoms with Crippen LogP contribution in [0.1, 0.15) is 25.8 Å². The summed E-state index contributed by atoms with van der Waals surface area (Å²) in [6.07, 6.45) is 0.769. The first-order valence-corrected chi connectivity index (χ1v) is 5.33. The van der Waals surface area contributed by atoms with E-state index in [1.807, 2.05) is 13.8 Å². The second kappa shape index (κ2) is 5.27. The van der Waals surface area contributed by atoms with Gasteiger partial charge in [-0.2, -0.15) is 0 Å². The average Bonchev–Trinajstić information content (AvgIpc) is 2.25. The summed E-state index contributed by atoms with van der Waals surface area (Å²) in [6.45, 7) is 4.29. The van der Waals surface area contributed by atoms with Gasteiger partial charge in [0.25, 0.3) is 0 Å². The Balaban J connectivity index is 2.67. The molecule has 0 aliphatic carbocycles. The summed E-state index contributed by atoms with van der Waals surface area (Å²) < 4.78 is 13.0. The third-order valence-electron chi connectivity index (χ3n) is 2.79. The number of benzene rings is 1. The molecule has 16 heavy (non-hydrogen) atoms. The quantitative estimate of drug-likeness (QED) is 0.718. The highest BCUT2D eigenvalue weighted by Gasteiger charge is 2.19. The van der Waals surface area contributed by atoms with E-state index in [0.717, 1.165) is 12.5 Å². The Morgan fingerprint density at radius 1 is 1.38 bits per heavy atom. The van der Waals surface area contributed by atoms with Gasteiger partial charge in [0.05, 0.1) is 6.61 Å². The molecule has 0 fully saturated rings. The second-order valence-electron chi connectivity index (χ2n) is 4.24. The number of nitrogens with one attached hydrogen (secondary N) is 1. The Kier molecular flexibility index (Phi) is 4.26. The first-order chi connectivity index (χ1) is 7.49. The van der Waals surface area contributed by atoms with E-state index in [1.165, 1.54) is 12.1 Å². The van der Waals surface area contributed by atoms with Gasteiger partial charge in [-0.3, -0.25) is 0 Å². The molecular weight excluding hydrogens is 209 g/mol. The largest absolute Gasteiger partial charge is 0.508 e. The second-order valence-corrected chi connectivity index (χ2v) is 4.24. The van der Waals surface area contributed by atoms with E-state index in [2.05, 4.69) is 5.32 Å². The molecule has 1 aromatic rings. The maximum atomic E-state index is 13.0. The Hall–Kier alpha value is -1.13. The smallest absolute Gasteiger partial charge is 0.127 e. The number of aliphatic hydroxyl groups is 1. The lowest BCUT2D eigenvalue weighted by Gasteiger charge is -2.27. The summed E-state index contributed by atoms with van der Waals surface area (Å²) in [5, 5.41) is 21.5. The summed E-state index contributed by atoms with van der Waals surface area (Å²) in [5.41, 5.74) is 0.285. The molecule has 1 unspecified atom stereocenters. The van der Waals surface area contributed by atoms with Gasteiger partial charge in [-0.25, -0.2) is 4.39 Å². The van der Waals surface area contributed by atoms with Crippen LogP contribution in [0.25, 0.3) is 0 Å². The summed E-state index contributed by atoms with van der Waals surface area (Å²) in [4.78, 5) is 0. The molecule has 0 radical (unpaired) electrons. The maximum Gasteiger partial charge on any atom is 0.127 e. The first kappa shape index (κ1) is 12.9. The molecule has 0 bridgehead atoms. The Labute approximate surface area is 94.9 Å². The molecule has 0 saturated heterocycles. The van der Waals surface area contributed by atoms with E-state index in [0.29, 0.717) is 12.1 Å². The van der Waals surface area contributed by atoms with E-state index < -0.39 is 5.82 Å². The van der Waals surface area contributed by atoms with Crippen LogP contribution >= 0.6 is 0 Å². The van der Waals surface area contributed by atoms with Gasteiger partial charge in [0.1, 0.15) is 11.6 Å². The molecule has 1 rings (SSSR count). The molecule has 0 heterocycles. The van der Waals surface area contributed by atoms with Crippen LogP contribution in [0.15, 0.2) is 18.2 Å². The molecule has 0 spiro atoms. The van der Waals surface area contributed by atoms with Gasteiger partial charge in [-0.05, 0) is 31.0 Å². The SMILES string of the molecule is CCC(C)(CO)NCc1cc(O)cc(F)c1. The molecule has 1 atom stereocenters. The number of rotatable bonds is 5. The fourth-order valence-corrected chi connectivity index (χ4v) is 1.34. The van der Waals surface area contributed by atoms with Crippen LogP contribution in [-0.2, 0) is 6.54 Å². The molecule has 3 N–H and O–H groups in total. The molecule has 3 nitrogen and oxygen atoms in total. The molecule has 0 saturated carbocycles. The minimum Gasteiger partial charge on any atom is -0.508 e. The van der Waals surface area contributed by atoms with Crippen molar-refractivity contribution in [2.45, 2.75) is 32.4 Å². The molecule has 90 valence electrons. The van der Waals surface area contributed by atoms with Crippen molar-refractivity contribution >= 4 is 0 Å². The van der Waals surface area contributed by atoms with E-state index in [4.69, 9.17) is 0 Å². The fraction of sp³-hybridized carbons (Fsp3) is 0.500. The highest BCUT2D eigenvalue weighted by Crippen LogP contribution is 2.16. The lowest BCUT2D eigenvalue weighted by molar-refractivity contribution is 0.169. The number of aromatic hydroxyl groups is 1. The van der Waals surface area contributed by atoms with Crippen molar-refractivity contribution in [2.75, 3.05) is 6.61 Å². The van der Waals surface area contributed by atoms with Crippen LogP contribution in [0.5, 0.6) is 5.75 Å². The fourth-order valence-electron chi connectivity index (χ4n) is 1.34. The van der Waals surface area contributed by atoms with Crippen LogP contribution in [0.2, 0.25) is 0 Å². The van der Waals surface area contributed by atoms with Gasteiger partial charge in [0, 0.05) is 18.2 Å². The Morgan fingerprint density at radius 3 is 2.56 bits per heavy atom. The van der Waals surface area contributed by atoms with Crippen LogP contribution in [0.4, 0.5) is 4.39 Å². The number of halogens is 1. The van der Waals surface area contributed by atoms with Crippen molar-refractivity contribution in [3.8, 4) is 5.75 Å². The molecular formula is C12H18FNO2. The number of hydrogen-bond acceptors (Lipinski definition) is 3. The van der Waals surface area contributed by atoms with Gasteiger partial charge in [-0.1, -0.05) is 6.92 Å². The third kappa shape index (κ3) is 3.47. The predicted molar refractivity (Wildman–Crippen MR) is 60.7 cm³/mol. The van der Waals surface area contributed by atoms with E-state index in [1.54, 1.807) is 0 Å². The summed E-state index contributed by atoms with van der Waals surface area (Å²) >= 11 is 0. The number of phenols is 1. The lowest BCUT2D eigenvalue weighted by atomic mass is 10.00. The summed E-state index contributed by atoms with van der Waals surface area (Å²) in [7, 11) is 0.